The Morgan fingerprint density at radius 2 is 1.59 bits per heavy atom. The molecule has 0 unspecified atom stereocenters. The van der Waals surface area contributed by atoms with Gasteiger partial charge in [0.15, 0.2) is 0 Å². The number of benzene rings is 1. The Labute approximate surface area is 206 Å². The fraction of sp³-hybridized carbons (Fsp3) is 0.577. The standard InChI is InChI=1S/C26H38N2O5S/c1-2-3-4-5-6-7-8-9-10-11-16-34-25-21-13-12-19(26(32)33)17-20(21)18-28(25)24(31)22(27)14-15-23(29)30/h12-13,17-18,22H,2-11,14-16,27H2,1H3,(H,29,30)(H,32,33)/t22-/m0/s1. The third-order valence-electron chi connectivity index (χ3n) is 5.98. The number of carbonyl (C=O) groups excluding carboxylic acids is 1. The van der Waals surface area contributed by atoms with E-state index < -0.39 is 18.0 Å². The highest BCUT2D eigenvalue weighted by Crippen LogP contribution is 2.32. The van der Waals surface area contributed by atoms with E-state index in [0.717, 1.165) is 29.0 Å². The highest BCUT2D eigenvalue weighted by atomic mass is 32.2. The van der Waals surface area contributed by atoms with Crippen LogP contribution in [-0.4, -0.2) is 44.4 Å². The maximum atomic E-state index is 13.0. The van der Waals surface area contributed by atoms with Crippen molar-refractivity contribution in [1.29, 1.82) is 0 Å². The molecule has 2 aromatic rings. The monoisotopic (exact) mass is 490 g/mol. The van der Waals surface area contributed by atoms with Crippen LogP contribution in [0.2, 0.25) is 0 Å². The highest BCUT2D eigenvalue weighted by molar-refractivity contribution is 7.99. The van der Waals surface area contributed by atoms with Gasteiger partial charge in [0.05, 0.1) is 16.6 Å². The summed E-state index contributed by atoms with van der Waals surface area (Å²) in [7, 11) is 0. The molecule has 188 valence electrons. The van der Waals surface area contributed by atoms with Crippen LogP contribution in [0.5, 0.6) is 0 Å². The lowest BCUT2D eigenvalue weighted by Crippen LogP contribution is -2.35. The van der Waals surface area contributed by atoms with E-state index in [1.165, 1.54) is 62.0 Å². The summed E-state index contributed by atoms with van der Waals surface area (Å²) in [6.45, 7) is 2.23. The largest absolute Gasteiger partial charge is 0.481 e. The molecule has 0 spiro atoms. The number of hydrogen-bond acceptors (Lipinski definition) is 5. The molecule has 8 heteroatoms. The molecule has 0 radical (unpaired) electrons. The molecule has 34 heavy (non-hydrogen) atoms. The van der Waals surface area contributed by atoms with Crippen LogP contribution in [0, 0.1) is 0 Å². The number of thioether (sulfide) groups is 1. The number of nitrogens with zero attached hydrogens (tertiary/aromatic N) is 1. The summed E-state index contributed by atoms with van der Waals surface area (Å²) < 4.78 is 1.48. The first-order valence-corrected chi connectivity index (χ1v) is 13.4. The average molecular weight is 491 g/mol. The lowest BCUT2D eigenvalue weighted by molar-refractivity contribution is -0.137. The topological polar surface area (TPSA) is 123 Å². The second kappa shape index (κ2) is 14.8. The Morgan fingerprint density at radius 1 is 0.971 bits per heavy atom. The average Bonchev–Trinajstić information content (AvgIpc) is 3.18. The molecule has 0 fully saturated rings. The minimum absolute atomic E-state index is 0.0472. The van der Waals surface area contributed by atoms with E-state index in [2.05, 4.69) is 6.92 Å². The molecule has 1 heterocycles. The van der Waals surface area contributed by atoms with Gasteiger partial charge in [0, 0.05) is 23.4 Å². The maximum Gasteiger partial charge on any atom is 0.335 e. The van der Waals surface area contributed by atoms with Crippen LogP contribution < -0.4 is 5.73 Å². The van der Waals surface area contributed by atoms with E-state index in [0.29, 0.717) is 5.39 Å². The molecule has 1 atom stereocenters. The molecule has 0 aliphatic heterocycles. The predicted molar refractivity (Wildman–Crippen MR) is 137 cm³/mol. The molecule has 1 aromatic carbocycles. The Balaban J connectivity index is 1.98. The molecule has 7 nitrogen and oxygen atoms in total. The van der Waals surface area contributed by atoms with Crippen LogP contribution in [0.3, 0.4) is 0 Å². The van der Waals surface area contributed by atoms with Crippen molar-refractivity contribution in [1.82, 2.24) is 4.57 Å². The van der Waals surface area contributed by atoms with E-state index in [-0.39, 0.29) is 24.3 Å². The Bertz CT molecular complexity index is 956. The summed E-state index contributed by atoms with van der Waals surface area (Å²) in [6.07, 6.45) is 14.0. The van der Waals surface area contributed by atoms with Gasteiger partial charge in [-0.3, -0.25) is 14.2 Å². The van der Waals surface area contributed by atoms with Crippen molar-refractivity contribution in [2.75, 3.05) is 5.75 Å². The Hall–Kier alpha value is -2.32. The molecule has 4 N–H and O–H groups in total. The van der Waals surface area contributed by atoms with Crippen LogP contribution in [0.15, 0.2) is 29.4 Å². The number of aliphatic carboxylic acids is 1. The summed E-state index contributed by atoms with van der Waals surface area (Å²) >= 11 is 1.57. The second-order valence-corrected chi connectivity index (χ2v) is 9.90. The van der Waals surface area contributed by atoms with Crippen LogP contribution >= 0.6 is 11.8 Å². The smallest absolute Gasteiger partial charge is 0.335 e. The van der Waals surface area contributed by atoms with Crippen molar-refractivity contribution >= 4 is 40.4 Å². The van der Waals surface area contributed by atoms with Gasteiger partial charge in [0.1, 0.15) is 0 Å². The number of nitrogens with two attached hydrogens (primary N) is 1. The van der Waals surface area contributed by atoms with E-state index >= 15 is 0 Å². The SMILES string of the molecule is CCCCCCCCCCCCSc1c2ccc(C(=O)O)cc2cn1C(=O)[C@@H](N)CCC(=O)O. The first kappa shape index (κ1) is 27.9. The van der Waals surface area contributed by atoms with Gasteiger partial charge < -0.3 is 15.9 Å². The van der Waals surface area contributed by atoms with E-state index in [4.69, 9.17) is 10.8 Å². The van der Waals surface area contributed by atoms with Crippen molar-refractivity contribution in [3.05, 3.63) is 30.0 Å². The third-order valence-corrected chi connectivity index (χ3v) is 7.16. The molecule has 2 rings (SSSR count). The number of rotatable bonds is 17. The van der Waals surface area contributed by atoms with Crippen molar-refractivity contribution in [3.63, 3.8) is 0 Å². The zero-order valence-corrected chi connectivity index (χ0v) is 20.9. The quantitative estimate of drug-likeness (QED) is 0.179. The summed E-state index contributed by atoms with van der Waals surface area (Å²) in [5.74, 6) is -1.56. The summed E-state index contributed by atoms with van der Waals surface area (Å²) in [5, 5.41) is 20.4. The van der Waals surface area contributed by atoms with Gasteiger partial charge in [-0.15, -0.1) is 11.8 Å². The number of aromatic carboxylic acids is 1. The zero-order valence-electron chi connectivity index (χ0n) is 20.1. The molecule has 0 amide bonds. The lowest BCUT2D eigenvalue weighted by Gasteiger charge is -2.13. The normalized spacial score (nSPS) is 12.2. The highest BCUT2D eigenvalue weighted by Gasteiger charge is 2.22. The zero-order chi connectivity index (χ0) is 24.9. The fourth-order valence-corrected chi connectivity index (χ4v) is 5.14. The van der Waals surface area contributed by atoms with Gasteiger partial charge in [-0.05, 0) is 30.7 Å². The minimum atomic E-state index is -1.03. The minimum Gasteiger partial charge on any atom is -0.481 e. The number of carboxylic acids is 2. The van der Waals surface area contributed by atoms with Gasteiger partial charge in [0.25, 0.3) is 0 Å². The maximum absolute atomic E-state index is 13.0. The Kier molecular flexibility index (Phi) is 12.2. The number of unbranched alkanes of at least 4 members (excludes halogenated alkanes) is 9. The molecular weight excluding hydrogens is 452 g/mol. The molecule has 0 aliphatic carbocycles. The number of hydrogen-bond donors (Lipinski definition) is 3. The van der Waals surface area contributed by atoms with E-state index in [1.54, 1.807) is 30.1 Å². The lowest BCUT2D eigenvalue weighted by atomic mass is 10.1. The van der Waals surface area contributed by atoms with Crippen molar-refractivity contribution in [2.24, 2.45) is 5.73 Å². The summed E-state index contributed by atoms with van der Waals surface area (Å²) in [4.78, 5) is 35.2. The van der Waals surface area contributed by atoms with Crippen LogP contribution in [0.25, 0.3) is 10.8 Å². The molecule has 0 saturated carbocycles. The van der Waals surface area contributed by atoms with Gasteiger partial charge in [-0.1, -0.05) is 70.8 Å². The first-order valence-electron chi connectivity index (χ1n) is 12.4. The van der Waals surface area contributed by atoms with Crippen molar-refractivity contribution < 1.29 is 24.6 Å². The van der Waals surface area contributed by atoms with Crippen molar-refractivity contribution in [3.8, 4) is 0 Å². The summed E-state index contributed by atoms with van der Waals surface area (Å²) in [5.41, 5.74) is 6.14. The van der Waals surface area contributed by atoms with Gasteiger partial charge in [-0.2, -0.15) is 0 Å². The molecule has 0 saturated heterocycles. The van der Waals surface area contributed by atoms with E-state index in [9.17, 15) is 19.5 Å². The Morgan fingerprint density at radius 3 is 2.18 bits per heavy atom. The number of carboxylic acid groups (broad SMARTS) is 2. The summed E-state index contributed by atoms with van der Waals surface area (Å²) in [6, 6.07) is 3.88. The molecule has 1 aromatic heterocycles. The van der Waals surface area contributed by atoms with Gasteiger partial charge in [-0.25, -0.2) is 4.79 Å². The van der Waals surface area contributed by atoms with Gasteiger partial charge in [0.2, 0.25) is 5.91 Å². The number of fused-ring (bicyclic) bond motifs is 1. The van der Waals surface area contributed by atoms with E-state index in [1.807, 2.05) is 0 Å². The van der Waals surface area contributed by atoms with Crippen LogP contribution in [0.4, 0.5) is 0 Å². The molecular formula is C26H38N2O5S. The van der Waals surface area contributed by atoms with Crippen LogP contribution in [0.1, 0.15) is 99.1 Å². The number of carbonyl (C=O) groups is 3. The predicted octanol–water partition coefficient (Wildman–Crippen LogP) is 6.18. The van der Waals surface area contributed by atoms with Gasteiger partial charge >= 0.3 is 11.9 Å². The van der Waals surface area contributed by atoms with Crippen LogP contribution in [-0.2, 0) is 4.79 Å². The number of aromatic nitrogens is 1. The molecule has 0 bridgehead atoms. The third kappa shape index (κ3) is 8.80. The first-order chi connectivity index (χ1) is 16.3. The molecule has 0 aliphatic rings. The fourth-order valence-electron chi connectivity index (χ4n) is 3.98. The second-order valence-electron chi connectivity index (χ2n) is 8.82. The van der Waals surface area contributed by atoms with Crippen molar-refractivity contribution in [2.45, 2.75) is 95.0 Å².